The zero-order valence-electron chi connectivity index (χ0n) is 9.25. The molecule has 2 aliphatic rings. The molecular weight excluding hydrogens is 162 g/mol. The van der Waals surface area contributed by atoms with Crippen LogP contribution in [-0.2, 0) is 4.74 Å². The van der Waals surface area contributed by atoms with Crippen LogP contribution in [0.25, 0.3) is 0 Å². The molecule has 2 fully saturated rings. The summed E-state index contributed by atoms with van der Waals surface area (Å²) in [6.07, 6.45) is 4.51. The second-order valence-electron chi connectivity index (χ2n) is 3.86. The van der Waals surface area contributed by atoms with Gasteiger partial charge in [-0.05, 0) is 32.2 Å². The van der Waals surface area contributed by atoms with Gasteiger partial charge in [0.25, 0.3) is 0 Å². The van der Waals surface area contributed by atoms with Crippen LogP contribution < -0.4 is 0 Å². The number of hydrogen-bond donors (Lipinski definition) is 0. The van der Waals surface area contributed by atoms with Crippen molar-refractivity contribution in [3.8, 4) is 0 Å². The standard InChI is InChI=1S/C9H17NO.C2H6/c1-10-5-4-9-8(7-10)3-2-6-11-9;1-2/h8-9H,2-7H2,1H3;1-2H3. The third-order valence-electron chi connectivity index (χ3n) is 2.92. The molecule has 78 valence electrons. The van der Waals surface area contributed by atoms with E-state index in [1.54, 1.807) is 0 Å². The van der Waals surface area contributed by atoms with Gasteiger partial charge in [-0.15, -0.1) is 0 Å². The van der Waals surface area contributed by atoms with Crippen molar-refractivity contribution in [2.75, 3.05) is 26.7 Å². The lowest BCUT2D eigenvalue weighted by Crippen LogP contribution is -2.44. The Hall–Kier alpha value is -0.0800. The van der Waals surface area contributed by atoms with E-state index in [0.29, 0.717) is 6.10 Å². The van der Waals surface area contributed by atoms with Crippen molar-refractivity contribution in [3.63, 3.8) is 0 Å². The van der Waals surface area contributed by atoms with E-state index in [1.807, 2.05) is 13.8 Å². The molecule has 0 aromatic carbocycles. The first-order valence-electron chi connectivity index (χ1n) is 5.66. The number of fused-ring (bicyclic) bond motifs is 1. The lowest BCUT2D eigenvalue weighted by Gasteiger charge is -2.39. The molecule has 0 bridgehead atoms. The molecule has 0 aromatic heterocycles. The van der Waals surface area contributed by atoms with Crippen molar-refractivity contribution < 1.29 is 4.74 Å². The summed E-state index contributed by atoms with van der Waals surface area (Å²) in [6.45, 7) is 7.48. The van der Waals surface area contributed by atoms with Crippen LogP contribution in [-0.4, -0.2) is 37.7 Å². The van der Waals surface area contributed by atoms with Gasteiger partial charge in [0.2, 0.25) is 0 Å². The Morgan fingerprint density at radius 3 is 2.77 bits per heavy atom. The highest BCUT2D eigenvalue weighted by molar-refractivity contribution is 4.81. The monoisotopic (exact) mass is 185 g/mol. The Labute approximate surface area is 82.3 Å². The van der Waals surface area contributed by atoms with Crippen molar-refractivity contribution in [1.29, 1.82) is 0 Å². The number of likely N-dealkylation sites (tertiary alicyclic amines) is 1. The predicted octanol–water partition coefficient (Wildman–Crippen LogP) is 2.14. The van der Waals surface area contributed by atoms with E-state index in [1.165, 1.54) is 32.4 Å². The first-order chi connectivity index (χ1) is 6.36. The van der Waals surface area contributed by atoms with Crippen molar-refractivity contribution in [2.45, 2.75) is 39.2 Å². The molecule has 2 heteroatoms. The van der Waals surface area contributed by atoms with Crippen LogP contribution >= 0.6 is 0 Å². The number of ether oxygens (including phenoxy) is 1. The van der Waals surface area contributed by atoms with Gasteiger partial charge in [-0.2, -0.15) is 0 Å². The van der Waals surface area contributed by atoms with Crippen LogP contribution in [0.5, 0.6) is 0 Å². The maximum atomic E-state index is 5.70. The summed E-state index contributed by atoms with van der Waals surface area (Å²) < 4.78 is 5.70. The van der Waals surface area contributed by atoms with Gasteiger partial charge in [0.1, 0.15) is 0 Å². The molecule has 2 rings (SSSR count). The van der Waals surface area contributed by atoms with Gasteiger partial charge in [0.15, 0.2) is 0 Å². The van der Waals surface area contributed by atoms with E-state index in [0.717, 1.165) is 12.5 Å². The Bertz CT molecular complexity index is 138. The molecule has 2 atom stereocenters. The highest BCUT2D eigenvalue weighted by atomic mass is 16.5. The molecule has 13 heavy (non-hydrogen) atoms. The topological polar surface area (TPSA) is 12.5 Å². The highest BCUT2D eigenvalue weighted by Crippen LogP contribution is 2.27. The van der Waals surface area contributed by atoms with E-state index in [9.17, 15) is 0 Å². The summed E-state index contributed by atoms with van der Waals surface area (Å²) in [4.78, 5) is 2.43. The molecule has 2 saturated heterocycles. The molecule has 2 heterocycles. The van der Waals surface area contributed by atoms with E-state index in [2.05, 4.69) is 11.9 Å². The lowest BCUT2D eigenvalue weighted by atomic mass is 9.89. The summed E-state index contributed by atoms with van der Waals surface area (Å²) >= 11 is 0. The van der Waals surface area contributed by atoms with Gasteiger partial charge in [0, 0.05) is 19.7 Å². The normalized spacial score (nSPS) is 34.4. The van der Waals surface area contributed by atoms with E-state index in [-0.39, 0.29) is 0 Å². The quantitative estimate of drug-likeness (QED) is 0.573. The van der Waals surface area contributed by atoms with Crippen LogP contribution in [0.15, 0.2) is 0 Å². The summed E-state index contributed by atoms with van der Waals surface area (Å²) in [5, 5.41) is 0. The number of piperidine rings is 1. The second kappa shape index (κ2) is 5.61. The largest absolute Gasteiger partial charge is 0.378 e. The minimum Gasteiger partial charge on any atom is -0.378 e. The Morgan fingerprint density at radius 2 is 2.00 bits per heavy atom. The molecule has 0 aliphatic carbocycles. The van der Waals surface area contributed by atoms with Crippen molar-refractivity contribution in [3.05, 3.63) is 0 Å². The fourth-order valence-corrected chi connectivity index (χ4v) is 2.27. The summed E-state index contributed by atoms with van der Waals surface area (Å²) in [6, 6.07) is 0. The van der Waals surface area contributed by atoms with Gasteiger partial charge in [-0.1, -0.05) is 13.8 Å². The number of nitrogens with zero attached hydrogens (tertiary/aromatic N) is 1. The van der Waals surface area contributed by atoms with E-state index < -0.39 is 0 Å². The summed E-state index contributed by atoms with van der Waals surface area (Å²) in [7, 11) is 2.21. The molecule has 0 spiro atoms. The molecular formula is C11H23NO. The van der Waals surface area contributed by atoms with Gasteiger partial charge in [0.05, 0.1) is 6.10 Å². The zero-order chi connectivity index (χ0) is 9.68. The van der Waals surface area contributed by atoms with E-state index >= 15 is 0 Å². The molecule has 0 amide bonds. The van der Waals surface area contributed by atoms with Crippen molar-refractivity contribution >= 4 is 0 Å². The Balaban J connectivity index is 0.000000396. The molecule has 2 unspecified atom stereocenters. The smallest absolute Gasteiger partial charge is 0.0627 e. The van der Waals surface area contributed by atoms with Crippen LogP contribution in [0, 0.1) is 5.92 Å². The van der Waals surface area contributed by atoms with Crippen LogP contribution in [0.4, 0.5) is 0 Å². The molecule has 0 saturated carbocycles. The van der Waals surface area contributed by atoms with Crippen LogP contribution in [0.3, 0.4) is 0 Å². The summed E-state index contributed by atoms with van der Waals surface area (Å²) in [5.74, 6) is 0.836. The fourth-order valence-electron chi connectivity index (χ4n) is 2.27. The van der Waals surface area contributed by atoms with Gasteiger partial charge >= 0.3 is 0 Å². The molecule has 0 N–H and O–H groups in total. The maximum absolute atomic E-state index is 5.70. The lowest BCUT2D eigenvalue weighted by molar-refractivity contribution is -0.0619. The zero-order valence-corrected chi connectivity index (χ0v) is 9.25. The first kappa shape index (κ1) is 11.0. The Morgan fingerprint density at radius 1 is 1.23 bits per heavy atom. The molecule has 0 radical (unpaired) electrons. The van der Waals surface area contributed by atoms with Crippen LogP contribution in [0.2, 0.25) is 0 Å². The van der Waals surface area contributed by atoms with Gasteiger partial charge < -0.3 is 9.64 Å². The minimum absolute atomic E-state index is 0.597. The number of hydrogen-bond acceptors (Lipinski definition) is 2. The fraction of sp³-hybridized carbons (Fsp3) is 1.00. The average molecular weight is 185 g/mol. The van der Waals surface area contributed by atoms with Gasteiger partial charge in [-0.25, -0.2) is 0 Å². The average Bonchev–Trinajstić information content (AvgIpc) is 2.21. The summed E-state index contributed by atoms with van der Waals surface area (Å²) in [5.41, 5.74) is 0. The third kappa shape index (κ3) is 2.96. The predicted molar refractivity (Wildman–Crippen MR) is 55.9 cm³/mol. The van der Waals surface area contributed by atoms with Crippen molar-refractivity contribution in [1.82, 2.24) is 4.90 Å². The van der Waals surface area contributed by atoms with Crippen LogP contribution in [0.1, 0.15) is 33.1 Å². The minimum atomic E-state index is 0.597. The first-order valence-corrected chi connectivity index (χ1v) is 5.66. The highest BCUT2D eigenvalue weighted by Gasteiger charge is 2.30. The molecule has 2 aliphatic heterocycles. The molecule has 0 aromatic rings. The molecule has 2 nitrogen and oxygen atoms in total. The van der Waals surface area contributed by atoms with E-state index in [4.69, 9.17) is 4.74 Å². The third-order valence-corrected chi connectivity index (χ3v) is 2.92. The SMILES string of the molecule is CC.CN1CCC2OCCCC2C1. The second-order valence-corrected chi connectivity index (χ2v) is 3.86. The maximum Gasteiger partial charge on any atom is 0.0627 e. The number of rotatable bonds is 0. The Kier molecular flexibility index (Phi) is 4.74. The van der Waals surface area contributed by atoms with Gasteiger partial charge in [-0.3, -0.25) is 0 Å². The van der Waals surface area contributed by atoms with Crippen molar-refractivity contribution in [2.24, 2.45) is 5.92 Å².